The van der Waals surface area contributed by atoms with Gasteiger partial charge in [-0.25, -0.2) is 0 Å². The summed E-state index contributed by atoms with van der Waals surface area (Å²) in [5, 5.41) is 3.56. The van der Waals surface area contributed by atoms with Crippen LogP contribution in [0.5, 0.6) is 0 Å². The number of rotatable bonds is 5. The molecule has 1 N–H and O–H groups in total. The minimum Gasteiger partial charge on any atom is -0.316 e. The highest BCUT2D eigenvalue weighted by atomic mass is 15.2. The van der Waals surface area contributed by atoms with Crippen molar-refractivity contribution in [3.05, 3.63) is 0 Å². The quantitative estimate of drug-likeness (QED) is 0.772. The Labute approximate surface area is 101 Å². The van der Waals surface area contributed by atoms with Gasteiger partial charge in [-0.3, -0.25) is 0 Å². The van der Waals surface area contributed by atoms with Gasteiger partial charge in [-0.15, -0.1) is 0 Å². The van der Waals surface area contributed by atoms with Gasteiger partial charge in [0.05, 0.1) is 0 Å². The lowest BCUT2D eigenvalue weighted by Gasteiger charge is -2.37. The molecule has 0 spiro atoms. The Morgan fingerprint density at radius 3 is 2.50 bits per heavy atom. The van der Waals surface area contributed by atoms with Gasteiger partial charge in [0.2, 0.25) is 0 Å². The molecule has 2 aliphatic rings. The minimum absolute atomic E-state index is 0.582. The van der Waals surface area contributed by atoms with Crippen molar-refractivity contribution in [3.8, 4) is 0 Å². The van der Waals surface area contributed by atoms with Gasteiger partial charge in [-0.2, -0.15) is 0 Å². The molecular formula is C14H28N2. The number of hydrogen-bond donors (Lipinski definition) is 1. The van der Waals surface area contributed by atoms with Crippen LogP contribution < -0.4 is 5.32 Å². The van der Waals surface area contributed by atoms with Crippen molar-refractivity contribution in [1.82, 2.24) is 10.2 Å². The van der Waals surface area contributed by atoms with Gasteiger partial charge >= 0.3 is 0 Å². The number of nitrogens with zero attached hydrogens (tertiary/aromatic N) is 1. The maximum absolute atomic E-state index is 3.56. The summed E-state index contributed by atoms with van der Waals surface area (Å²) in [5.41, 5.74) is 0.582. The van der Waals surface area contributed by atoms with Crippen LogP contribution in [0.1, 0.15) is 52.4 Å². The fourth-order valence-electron chi connectivity index (χ4n) is 3.54. The van der Waals surface area contributed by atoms with Gasteiger partial charge < -0.3 is 10.2 Å². The van der Waals surface area contributed by atoms with Crippen LogP contribution in [0.4, 0.5) is 0 Å². The second-order valence-electron chi connectivity index (χ2n) is 5.78. The Bertz CT molecular complexity index is 203. The molecule has 2 heteroatoms. The van der Waals surface area contributed by atoms with E-state index in [9.17, 15) is 0 Å². The van der Waals surface area contributed by atoms with Crippen molar-refractivity contribution in [2.24, 2.45) is 5.41 Å². The maximum atomic E-state index is 3.56. The van der Waals surface area contributed by atoms with Gasteiger partial charge in [0.15, 0.2) is 0 Å². The SMILES string of the molecule is CCN(CC1(CC)CCNC1)C1CCCC1. The molecule has 1 unspecified atom stereocenters. The van der Waals surface area contributed by atoms with Crippen LogP contribution in [0, 0.1) is 5.41 Å². The zero-order chi connectivity index (χ0) is 11.4. The molecule has 0 amide bonds. The molecule has 2 rings (SSSR count). The van der Waals surface area contributed by atoms with Crippen molar-refractivity contribution in [2.75, 3.05) is 26.2 Å². The molecule has 0 bridgehead atoms. The highest BCUT2D eigenvalue weighted by Crippen LogP contribution is 2.33. The smallest absolute Gasteiger partial charge is 0.00953 e. The summed E-state index contributed by atoms with van der Waals surface area (Å²) < 4.78 is 0. The molecule has 1 saturated heterocycles. The molecule has 2 nitrogen and oxygen atoms in total. The lowest BCUT2D eigenvalue weighted by molar-refractivity contribution is 0.122. The molecule has 1 saturated carbocycles. The molecular weight excluding hydrogens is 196 g/mol. The molecule has 1 heterocycles. The lowest BCUT2D eigenvalue weighted by Crippen LogP contribution is -2.43. The molecule has 2 fully saturated rings. The fourth-order valence-corrected chi connectivity index (χ4v) is 3.54. The predicted molar refractivity (Wildman–Crippen MR) is 69.7 cm³/mol. The van der Waals surface area contributed by atoms with Crippen LogP contribution in [0.3, 0.4) is 0 Å². The van der Waals surface area contributed by atoms with Crippen LogP contribution in [-0.2, 0) is 0 Å². The van der Waals surface area contributed by atoms with Crippen molar-refractivity contribution in [2.45, 2.75) is 58.4 Å². The van der Waals surface area contributed by atoms with E-state index in [1.165, 1.54) is 64.7 Å². The molecule has 0 aromatic rings. The van der Waals surface area contributed by atoms with Crippen LogP contribution in [0.15, 0.2) is 0 Å². The highest BCUT2D eigenvalue weighted by Gasteiger charge is 2.35. The molecule has 16 heavy (non-hydrogen) atoms. The fraction of sp³-hybridized carbons (Fsp3) is 1.00. The van der Waals surface area contributed by atoms with Crippen molar-refractivity contribution in [1.29, 1.82) is 0 Å². The standard InChI is InChI=1S/C14H28N2/c1-3-14(9-10-15-11-14)12-16(4-2)13-7-5-6-8-13/h13,15H,3-12H2,1-2H3. The molecule has 1 aliphatic carbocycles. The largest absolute Gasteiger partial charge is 0.316 e. The average Bonchev–Trinajstić information content (AvgIpc) is 2.98. The molecule has 1 aliphatic heterocycles. The Morgan fingerprint density at radius 2 is 2.00 bits per heavy atom. The summed E-state index contributed by atoms with van der Waals surface area (Å²) in [6.07, 6.45) is 8.52. The molecule has 0 radical (unpaired) electrons. The average molecular weight is 224 g/mol. The first-order chi connectivity index (χ1) is 7.79. The van der Waals surface area contributed by atoms with Crippen LogP contribution >= 0.6 is 0 Å². The van der Waals surface area contributed by atoms with Crippen molar-refractivity contribution < 1.29 is 0 Å². The van der Waals surface area contributed by atoms with Gasteiger partial charge in [0.1, 0.15) is 0 Å². The second-order valence-corrected chi connectivity index (χ2v) is 5.78. The first-order valence-corrected chi connectivity index (χ1v) is 7.24. The summed E-state index contributed by atoms with van der Waals surface area (Å²) in [4.78, 5) is 2.77. The van der Waals surface area contributed by atoms with Gasteiger partial charge in [0.25, 0.3) is 0 Å². The first kappa shape index (κ1) is 12.4. The Hall–Kier alpha value is -0.0800. The first-order valence-electron chi connectivity index (χ1n) is 7.24. The summed E-state index contributed by atoms with van der Waals surface area (Å²) in [6.45, 7) is 9.76. The third kappa shape index (κ3) is 2.60. The zero-order valence-electron chi connectivity index (χ0n) is 11.1. The van der Waals surface area contributed by atoms with E-state index < -0.39 is 0 Å². The highest BCUT2D eigenvalue weighted by molar-refractivity contribution is 4.91. The Kier molecular flexibility index (Phi) is 4.26. The van der Waals surface area contributed by atoms with E-state index in [1.807, 2.05) is 0 Å². The van der Waals surface area contributed by atoms with Crippen LogP contribution in [0.2, 0.25) is 0 Å². The van der Waals surface area contributed by atoms with E-state index in [0.29, 0.717) is 5.41 Å². The topological polar surface area (TPSA) is 15.3 Å². The van der Waals surface area contributed by atoms with E-state index in [-0.39, 0.29) is 0 Å². The summed E-state index contributed by atoms with van der Waals surface area (Å²) >= 11 is 0. The zero-order valence-corrected chi connectivity index (χ0v) is 11.1. The Balaban J connectivity index is 1.93. The molecule has 1 atom stereocenters. The molecule has 0 aromatic carbocycles. The summed E-state index contributed by atoms with van der Waals surface area (Å²) in [5.74, 6) is 0. The van der Waals surface area contributed by atoms with Crippen molar-refractivity contribution in [3.63, 3.8) is 0 Å². The lowest BCUT2D eigenvalue weighted by atomic mass is 9.83. The second kappa shape index (κ2) is 5.50. The van der Waals surface area contributed by atoms with E-state index in [0.717, 1.165) is 6.04 Å². The van der Waals surface area contributed by atoms with Crippen LogP contribution in [-0.4, -0.2) is 37.1 Å². The number of nitrogens with one attached hydrogen (secondary N) is 1. The third-order valence-corrected chi connectivity index (χ3v) is 4.87. The monoisotopic (exact) mass is 224 g/mol. The van der Waals surface area contributed by atoms with E-state index in [4.69, 9.17) is 0 Å². The molecule has 94 valence electrons. The maximum Gasteiger partial charge on any atom is 0.00953 e. The van der Waals surface area contributed by atoms with Crippen molar-refractivity contribution >= 4 is 0 Å². The van der Waals surface area contributed by atoms with E-state index >= 15 is 0 Å². The van der Waals surface area contributed by atoms with Crippen LogP contribution in [0.25, 0.3) is 0 Å². The Morgan fingerprint density at radius 1 is 1.25 bits per heavy atom. The van der Waals surface area contributed by atoms with Gasteiger partial charge in [0, 0.05) is 19.1 Å². The summed E-state index contributed by atoms with van der Waals surface area (Å²) in [7, 11) is 0. The summed E-state index contributed by atoms with van der Waals surface area (Å²) in [6, 6.07) is 0.897. The van der Waals surface area contributed by atoms with Gasteiger partial charge in [-0.1, -0.05) is 26.7 Å². The van der Waals surface area contributed by atoms with Gasteiger partial charge in [-0.05, 0) is 44.2 Å². The predicted octanol–water partition coefficient (Wildman–Crippen LogP) is 2.64. The van der Waals surface area contributed by atoms with E-state index in [1.54, 1.807) is 0 Å². The molecule has 0 aromatic heterocycles. The van der Waals surface area contributed by atoms with E-state index in [2.05, 4.69) is 24.1 Å². The third-order valence-electron chi connectivity index (χ3n) is 4.87. The minimum atomic E-state index is 0.582. The number of hydrogen-bond acceptors (Lipinski definition) is 2. The normalized spacial score (nSPS) is 31.7.